The summed E-state index contributed by atoms with van der Waals surface area (Å²) in [5.41, 5.74) is 13.5. The third-order valence-corrected chi connectivity index (χ3v) is 8.43. The summed E-state index contributed by atoms with van der Waals surface area (Å²) in [4.78, 5) is 10.4. The van der Waals surface area contributed by atoms with E-state index in [1.54, 1.807) is 0 Å². The minimum Gasteiger partial charge on any atom is -0.294 e. The molecule has 0 unspecified atom stereocenters. The Morgan fingerprint density at radius 1 is 0.415 bits per heavy atom. The number of benzene rings is 5. The van der Waals surface area contributed by atoms with Gasteiger partial charge in [-0.1, -0.05) is 109 Å². The van der Waals surface area contributed by atoms with E-state index in [9.17, 15) is 0 Å². The molecule has 190 valence electrons. The molecule has 3 aromatic heterocycles. The van der Waals surface area contributed by atoms with Crippen LogP contribution in [0.3, 0.4) is 0 Å². The molecule has 0 saturated heterocycles. The van der Waals surface area contributed by atoms with Crippen LogP contribution in [0.4, 0.5) is 0 Å². The summed E-state index contributed by atoms with van der Waals surface area (Å²) >= 11 is 0. The molecule has 0 fully saturated rings. The van der Waals surface area contributed by atoms with Crippen molar-refractivity contribution in [3.63, 3.8) is 0 Å². The standard InChI is InChI=1S/C38H23N3/c1-2-12-25-24(11-1)26-13-3-4-15-28(26)32-23-39-33-21-22-36(40-38(33)37(32)31-18-6-5-14-27(25)31)41-34-19-9-7-16-29(34)30-17-8-10-20-35(30)41/h1-23H. The van der Waals surface area contributed by atoms with Crippen molar-refractivity contribution in [2.45, 2.75) is 0 Å². The van der Waals surface area contributed by atoms with Gasteiger partial charge in [0.1, 0.15) is 5.82 Å². The molecular formula is C38H23N3. The summed E-state index contributed by atoms with van der Waals surface area (Å²) in [5.74, 6) is 0.887. The van der Waals surface area contributed by atoms with E-state index in [4.69, 9.17) is 9.97 Å². The van der Waals surface area contributed by atoms with E-state index in [1.807, 2.05) is 6.20 Å². The lowest BCUT2D eigenvalue weighted by molar-refractivity contribution is 1.10. The van der Waals surface area contributed by atoms with Gasteiger partial charge in [0.05, 0.1) is 22.1 Å². The van der Waals surface area contributed by atoms with Crippen molar-refractivity contribution in [1.82, 2.24) is 14.5 Å². The molecule has 3 nitrogen and oxygen atoms in total. The van der Waals surface area contributed by atoms with E-state index in [0.29, 0.717) is 0 Å². The van der Waals surface area contributed by atoms with Crippen LogP contribution in [0.2, 0.25) is 0 Å². The van der Waals surface area contributed by atoms with E-state index in [1.165, 1.54) is 44.2 Å². The van der Waals surface area contributed by atoms with Gasteiger partial charge < -0.3 is 0 Å². The lowest BCUT2D eigenvalue weighted by atomic mass is 9.81. The second-order valence-corrected chi connectivity index (χ2v) is 10.6. The van der Waals surface area contributed by atoms with Crippen LogP contribution >= 0.6 is 0 Å². The predicted octanol–water partition coefficient (Wildman–Crippen LogP) is 9.71. The molecule has 9 rings (SSSR count). The first-order chi connectivity index (χ1) is 20.4. The van der Waals surface area contributed by atoms with Crippen molar-refractivity contribution >= 4 is 32.8 Å². The SMILES string of the molecule is c1ccc2c(c1)-c1ccccc1-c1cnc3ccc(-n4c5ccccc5c5ccccc54)nc3c1-c1ccccc1-2. The zero-order chi connectivity index (χ0) is 26.9. The second-order valence-electron chi connectivity index (χ2n) is 10.6. The van der Waals surface area contributed by atoms with E-state index in [-0.39, 0.29) is 0 Å². The van der Waals surface area contributed by atoms with Crippen molar-refractivity contribution in [3.8, 4) is 50.3 Å². The highest BCUT2D eigenvalue weighted by Crippen LogP contribution is 2.49. The van der Waals surface area contributed by atoms with Gasteiger partial charge in [0.15, 0.2) is 0 Å². The largest absolute Gasteiger partial charge is 0.294 e. The summed E-state index contributed by atoms with van der Waals surface area (Å²) in [6.45, 7) is 0. The molecule has 0 radical (unpaired) electrons. The average molecular weight is 522 g/mol. The van der Waals surface area contributed by atoms with Crippen LogP contribution in [-0.2, 0) is 0 Å². The number of fused-ring (bicyclic) bond motifs is 13. The second kappa shape index (κ2) is 8.48. The van der Waals surface area contributed by atoms with Gasteiger partial charge in [-0.25, -0.2) is 4.98 Å². The van der Waals surface area contributed by atoms with E-state index in [2.05, 4.69) is 138 Å². The Kier molecular flexibility index (Phi) is 4.61. The van der Waals surface area contributed by atoms with Crippen molar-refractivity contribution < 1.29 is 0 Å². The molecule has 0 saturated carbocycles. The smallest absolute Gasteiger partial charge is 0.138 e. The van der Waals surface area contributed by atoms with Crippen molar-refractivity contribution in [1.29, 1.82) is 0 Å². The molecule has 41 heavy (non-hydrogen) atoms. The number of aromatic nitrogens is 3. The summed E-state index contributed by atoms with van der Waals surface area (Å²) in [5, 5.41) is 2.45. The maximum absolute atomic E-state index is 5.43. The summed E-state index contributed by atoms with van der Waals surface area (Å²) < 4.78 is 2.28. The molecule has 5 aromatic carbocycles. The molecule has 8 aromatic rings. The first kappa shape index (κ1) is 22.3. The van der Waals surface area contributed by atoms with Crippen molar-refractivity contribution in [3.05, 3.63) is 140 Å². The Labute approximate surface area is 237 Å². The normalized spacial score (nSPS) is 11.9. The lowest BCUT2D eigenvalue weighted by Crippen LogP contribution is -2.02. The van der Waals surface area contributed by atoms with Crippen LogP contribution in [0.25, 0.3) is 83.2 Å². The lowest BCUT2D eigenvalue weighted by Gasteiger charge is -2.23. The number of para-hydroxylation sites is 2. The maximum Gasteiger partial charge on any atom is 0.138 e. The highest BCUT2D eigenvalue weighted by molar-refractivity contribution is 6.11. The number of rotatable bonds is 1. The average Bonchev–Trinajstić information content (AvgIpc) is 3.38. The quantitative estimate of drug-likeness (QED) is 0.215. The van der Waals surface area contributed by atoms with Gasteiger partial charge in [-0.2, -0.15) is 0 Å². The Morgan fingerprint density at radius 2 is 0.878 bits per heavy atom. The molecule has 0 spiro atoms. The van der Waals surface area contributed by atoms with Gasteiger partial charge in [0, 0.05) is 28.1 Å². The molecule has 0 bridgehead atoms. The summed E-state index contributed by atoms with van der Waals surface area (Å²) in [7, 11) is 0. The first-order valence-electron chi connectivity index (χ1n) is 13.9. The summed E-state index contributed by atoms with van der Waals surface area (Å²) in [6.07, 6.45) is 2.03. The topological polar surface area (TPSA) is 30.7 Å². The zero-order valence-corrected chi connectivity index (χ0v) is 22.1. The van der Waals surface area contributed by atoms with Crippen LogP contribution in [-0.4, -0.2) is 14.5 Å². The number of pyridine rings is 2. The number of hydrogen-bond acceptors (Lipinski definition) is 2. The van der Waals surface area contributed by atoms with Crippen LogP contribution in [0, 0.1) is 0 Å². The molecule has 1 aliphatic rings. The van der Waals surface area contributed by atoms with Gasteiger partial charge in [0.25, 0.3) is 0 Å². The van der Waals surface area contributed by atoms with Gasteiger partial charge >= 0.3 is 0 Å². The zero-order valence-electron chi connectivity index (χ0n) is 22.1. The van der Waals surface area contributed by atoms with E-state index in [0.717, 1.165) is 39.0 Å². The molecular weight excluding hydrogens is 498 g/mol. The van der Waals surface area contributed by atoms with Gasteiger partial charge in [-0.05, 0) is 57.6 Å². The van der Waals surface area contributed by atoms with Crippen LogP contribution < -0.4 is 0 Å². The fourth-order valence-electron chi connectivity index (χ4n) is 6.67. The Morgan fingerprint density at radius 3 is 1.46 bits per heavy atom. The van der Waals surface area contributed by atoms with E-state index < -0.39 is 0 Å². The third kappa shape index (κ3) is 3.14. The van der Waals surface area contributed by atoms with Crippen LogP contribution in [0.1, 0.15) is 0 Å². The molecule has 0 atom stereocenters. The van der Waals surface area contributed by atoms with Crippen molar-refractivity contribution in [2.75, 3.05) is 0 Å². The van der Waals surface area contributed by atoms with Gasteiger partial charge in [-0.15, -0.1) is 0 Å². The molecule has 3 heterocycles. The Bertz CT molecular complexity index is 2270. The highest BCUT2D eigenvalue weighted by Gasteiger charge is 2.24. The fourth-order valence-corrected chi connectivity index (χ4v) is 6.67. The van der Waals surface area contributed by atoms with Gasteiger partial charge in [0.2, 0.25) is 0 Å². The Balaban J connectivity index is 1.43. The first-order valence-corrected chi connectivity index (χ1v) is 13.9. The van der Waals surface area contributed by atoms with Gasteiger partial charge in [-0.3, -0.25) is 9.55 Å². The molecule has 0 N–H and O–H groups in total. The molecule has 3 heteroatoms. The minimum absolute atomic E-state index is 0.884. The number of hydrogen-bond donors (Lipinski definition) is 0. The van der Waals surface area contributed by atoms with Crippen LogP contribution in [0.15, 0.2) is 140 Å². The van der Waals surface area contributed by atoms with Crippen molar-refractivity contribution in [2.24, 2.45) is 0 Å². The maximum atomic E-state index is 5.43. The molecule has 0 amide bonds. The summed E-state index contributed by atoms with van der Waals surface area (Å²) in [6, 6.07) is 47.4. The van der Waals surface area contributed by atoms with Crippen LogP contribution in [0.5, 0.6) is 0 Å². The molecule has 0 aliphatic heterocycles. The number of nitrogens with zero attached hydrogens (tertiary/aromatic N) is 3. The molecule has 1 aliphatic carbocycles. The minimum atomic E-state index is 0.884. The fraction of sp³-hybridized carbons (Fsp3) is 0. The highest BCUT2D eigenvalue weighted by atomic mass is 15.1. The Hall–Kier alpha value is -5.54. The monoisotopic (exact) mass is 521 g/mol. The predicted molar refractivity (Wildman–Crippen MR) is 169 cm³/mol. The van der Waals surface area contributed by atoms with E-state index >= 15 is 0 Å². The third-order valence-electron chi connectivity index (χ3n) is 8.43.